The minimum absolute atomic E-state index is 0.108. The predicted molar refractivity (Wildman–Crippen MR) is 104 cm³/mol. The molecule has 1 fully saturated rings. The van der Waals surface area contributed by atoms with Gasteiger partial charge in [-0.1, -0.05) is 47.7 Å². The summed E-state index contributed by atoms with van der Waals surface area (Å²) in [5, 5.41) is 21.7. The summed E-state index contributed by atoms with van der Waals surface area (Å²) < 4.78 is 7.02. The van der Waals surface area contributed by atoms with Gasteiger partial charge in [-0.2, -0.15) is 0 Å². The number of para-hydroxylation sites is 1. The molecule has 0 unspecified atom stereocenters. The van der Waals surface area contributed by atoms with Crippen LogP contribution in [0.3, 0.4) is 0 Å². The monoisotopic (exact) mass is 378 g/mol. The Morgan fingerprint density at radius 1 is 1.21 bits per heavy atom. The normalized spacial score (nSPS) is 21.6. The molecule has 2 N–H and O–H groups in total. The van der Waals surface area contributed by atoms with Gasteiger partial charge in [-0.25, -0.2) is 4.68 Å². The predicted octanol–water partition coefficient (Wildman–Crippen LogP) is 1.74. The Kier molecular flexibility index (Phi) is 5.18. The number of esters is 1. The van der Waals surface area contributed by atoms with Gasteiger partial charge in [0, 0.05) is 19.0 Å². The van der Waals surface area contributed by atoms with Crippen LogP contribution in [0.2, 0.25) is 0 Å². The van der Waals surface area contributed by atoms with Crippen molar-refractivity contribution in [3.63, 3.8) is 0 Å². The van der Waals surface area contributed by atoms with Crippen molar-refractivity contribution in [3.8, 4) is 16.9 Å². The molecule has 0 amide bonds. The number of aliphatic hydroxyl groups is 1. The summed E-state index contributed by atoms with van der Waals surface area (Å²) in [6, 6.07) is 17.8. The second kappa shape index (κ2) is 7.92. The first-order valence-electron chi connectivity index (χ1n) is 9.26. The molecule has 7 heteroatoms. The third kappa shape index (κ3) is 3.95. The fraction of sp³-hybridized carbons (Fsp3) is 0.286. The van der Waals surface area contributed by atoms with Crippen molar-refractivity contribution in [1.82, 2.24) is 20.3 Å². The van der Waals surface area contributed by atoms with E-state index >= 15 is 0 Å². The number of aliphatic hydroxyl groups excluding tert-OH is 1. The second-order valence-electron chi connectivity index (χ2n) is 6.94. The zero-order chi connectivity index (χ0) is 19.5. The van der Waals surface area contributed by atoms with Crippen LogP contribution in [0.1, 0.15) is 12.5 Å². The van der Waals surface area contributed by atoms with E-state index in [9.17, 15) is 9.90 Å². The van der Waals surface area contributed by atoms with E-state index in [-0.39, 0.29) is 12.0 Å². The quantitative estimate of drug-likeness (QED) is 0.658. The second-order valence-corrected chi connectivity index (χ2v) is 6.94. The van der Waals surface area contributed by atoms with Gasteiger partial charge >= 0.3 is 5.97 Å². The molecule has 0 aliphatic carbocycles. The van der Waals surface area contributed by atoms with Gasteiger partial charge in [0.05, 0.1) is 17.9 Å². The first-order valence-corrected chi connectivity index (χ1v) is 9.26. The summed E-state index contributed by atoms with van der Waals surface area (Å²) in [6.07, 6.45) is 1.35. The number of β-amino-alcohol motifs (C(OH)–C–C–N with tert-alkyl or cyclic N) is 1. The fourth-order valence-corrected chi connectivity index (χ4v) is 3.48. The third-order valence-electron chi connectivity index (χ3n) is 4.89. The van der Waals surface area contributed by atoms with Crippen molar-refractivity contribution >= 4 is 5.97 Å². The van der Waals surface area contributed by atoms with Gasteiger partial charge < -0.3 is 15.2 Å². The van der Waals surface area contributed by atoms with Crippen LogP contribution >= 0.6 is 0 Å². The van der Waals surface area contributed by atoms with E-state index in [0.717, 1.165) is 22.5 Å². The number of nitrogens with zero attached hydrogens (tertiary/aromatic N) is 3. The van der Waals surface area contributed by atoms with Gasteiger partial charge in [0.1, 0.15) is 17.9 Å². The van der Waals surface area contributed by atoms with Crippen molar-refractivity contribution in [1.29, 1.82) is 0 Å². The largest absolute Gasteiger partial charge is 0.458 e. The van der Waals surface area contributed by atoms with Crippen molar-refractivity contribution in [2.75, 3.05) is 6.54 Å². The molecular weight excluding hydrogens is 356 g/mol. The number of carbonyl (C=O) groups excluding carboxylic acids is 1. The zero-order valence-electron chi connectivity index (χ0n) is 15.5. The van der Waals surface area contributed by atoms with Crippen LogP contribution in [-0.2, 0) is 16.0 Å². The minimum atomic E-state index is -0.679. The molecule has 1 aliphatic rings. The van der Waals surface area contributed by atoms with Gasteiger partial charge in [-0.15, -0.1) is 5.10 Å². The van der Waals surface area contributed by atoms with E-state index < -0.39 is 12.2 Å². The molecular formula is C21H22N4O3. The molecule has 2 aromatic carbocycles. The van der Waals surface area contributed by atoms with E-state index in [1.165, 1.54) is 6.92 Å². The summed E-state index contributed by atoms with van der Waals surface area (Å²) in [5.74, 6) is -0.380. The molecule has 4 rings (SSSR count). The summed E-state index contributed by atoms with van der Waals surface area (Å²) in [5.41, 5.74) is 3.81. The topological polar surface area (TPSA) is 89.3 Å². The highest BCUT2D eigenvalue weighted by atomic mass is 16.6. The molecule has 3 atom stereocenters. The van der Waals surface area contributed by atoms with Crippen LogP contribution in [-0.4, -0.2) is 50.9 Å². The van der Waals surface area contributed by atoms with Gasteiger partial charge in [-0.05, 0) is 24.1 Å². The highest BCUT2D eigenvalue weighted by Crippen LogP contribution is 2.21. The SMILES string of the molecule is CC(=O)O[C@@H]1[C@@H](O)CN[C@@H]1Cc1ccc(-c2cn(-c3ccccc3)nn2)cc1. The Balaban J connectivity index is 1.46. The summed E-state index contributed by atoms with van der Waals surface area (Å²) in [7, 11) is 0. The van der Waals surface area contributed by atoms with Crippen molar-refractivity contribution in [2.24, 2.45) is 0 Å². The maximum atomic E-state index is 11.3. The lowest BCUT2D eigenvalue weighted by Gasteiger charge is -2.21. The van der Waals surface area contributed by atoms with Crippen LogP contribution in [0, 0.1) is 0 Å². The third-order valence-corrected chi connectivity index (χ3v) is 4.89. The number of carbonyl (C=O) groups is 1. The molecule has 0 spiro atoms. The molecule has 144 valence electrons. The van der Waals surface area contributed by atoms with Gasteiger partial charge in [0.2, 0.25) is 0 Å². The maximum absolute atomic E-state index is 11.3. The Bertz CT molecular complexity index is 940. The fourth-order valence-electron chi connectivity index (χ4n) is 3.48. The van der Waals surface area contributed by atoms with Crippen LogP contribution in [0.5, 0.6) is 0 Å². The van der Waals surface area contributed by atoms with Gasteiger partial charge in [-0.3, -0.25) is 4.79 Å². The lowest BCUT2D eigenvalue weighted by atomic mass is 10.00. The van der Waals surface area contributed by atoms with Crippen LogP contribution in [0.25, 0.3) is 16.9 Å². The van der Waals surface area contributed by atoms with Crippen molar-refractivity contribution in [3.05, 3.63) is 66.4 Å². The molecule has 28 heavy (non-hydrogen) atoms. The molecule has 1 saturated heterocycles. The first-order chi connectivity index (χ1) is 13.6. The number of aromatic nitrogens is 3. The van der Waals surface area contributed by atoms with Gasteiger partial charge in [0.15, 0.2) is 0 Å². The number of ether oxygens (including phenoxy) is 1. The molecule has 0 radical (unpaired) electrons. The zero-order valence-corrected chi connectivity index (χ0v) is 15.5. The molecule has 2 heterocycles. The highest BCUT2D eigenvalue weighted by molar-refractivity contribution is 5.66. The maximum Gasteiger partial charge on any atom is 0.303 e. The van der Waals surface area contributed by atoms with E-state index in [4.69, 9.17) is 4.74 Å². The highest BCUT2D eigenvalue weighted by Gasteiger charge is 2.37. The molecule has 0 saturated carbocycles. The molecule has 1 aliphatic heterocycles. The number of hydrogen-bond acceptors (Lipinski definition) is 6. The average molecular weight is 378 g/mol. The molecule has 1 aromatic heterocycles. The molecule has 3 aromatic rings. The van der Waals surface area contributed by atoms with Crippen LogP contribution in [0.15, 0.2) is 60.8 Å². The Hall–Kier alpha value is -3.03. The van der Waals surface area contributed by atoms with E-state index in [2.05, 4.69) is 15.6 Å². The summed E-state index contributed by atoms with van der Waals surface area (Å²) in [6.45, 7) is 1.78. The molecule has 0 bridgehead atoms. The standard InChI is InChI=1S/C21H22N4O3/c1-14(26)28-21-18(22-12-20(21)27)11-15-7-9-16(10-8-15)19-13-25(24-23-19)17-5-3-2-4-6-17/h2-10,13,18,20-22,27H,11-12H2,1H3/t18-,20+,21+/m1/s1. The molecule has 7 nitrogen and oxygen atoms in total. The Labute approximate surface area is 163 Å². The Morgan fingerprint density at radius 2 is 1.96 bits per heavy atom. The lowest BCUT2D eigenvalue weighted by molar-refractivity contribution is -0.151. The number of hydrogen-bond donors (Lipinski definition) is 2. The lowest BCUT2D eigenvalue weighted by Crippen LogP contribution is -2.38. The Morgan fingerprint density at radius 3 is 2.68 bits per heavy atom. The van der Waals surface area contributed by atoms with Crippen molar-refractivity contribution < 1.29 is 14.6 Å². The van der Waals surface area contributed by atoms with E-state index in [1.807, 2.05) is 60.8 Å². The van der Waals surface area contributed by atoms with Crippen LogP contribution in [0.4, 0.5) is 0 Å². The number of benzene rings is 2. The minimum Gasteiger partial charge on any atom is -0.458 e. The van der Waals surface area contributed by atoms with Crippen LogP contribution < -0.4 is 5.32 Å². The first kappa shape index (κ1) is 18.3. The average Bonchev–Trinajstić information content (AvgIpc) is 3.32. The van der Waals surface area contributed by atoms with E-state index in [0.29, 0.717) is 13.0 Å². The summed E-state index contributed by atoms with van der Waals surface area (Å²) in [4.78, 5) is 11.3. The van der Waals surface area contributed by atoms with Gasteiger partial charge in [0.25, 0.3) is 0 Å². The number of rotatable bonds is 5. The van der Waals surface area contributed by atoms with E-state index in [1.54, 1.807) is 4.68 Å². The van der Waals surface area contributed by atoms with Crippen molar-refractivity contribution in [2.45, 2.75) is 31.6 Å². The smallest absolute Gasteiger partial charge is 0.303 e. The summed E-state index contributed by atoms with van der Waals surface area (Å²) >= 11 is 0. The number of nitrogens with one attached hydrogen (secondary N) is 1.